The number of aryl methyl sites for hydroxylation is 1. The van der Waals surface area contributed by atoms with Crippen LogP contribution in [0.3, 0.4) is 0 Å². The average molecular weight is 320 g/mol. The Morgan fingerprint density at radius 1 is 1.59 bits per heavy atom. The largest absolute Gasteiger partial charge is 0.489 e. The molecule has 1 N–H and O–H groups in total. The number of nitrogens with one attached hydrogen (secondary N) is 1. The number of benzene rings is 1. The lowest BCUT2D eigenvalue weighted by Gasteiger charge is -2.15. The fraction of sp³-hybridized carbons (Fsp3) is 0.500. The van der Waals surface area contributed by atoms with Crippen molar-refractivity contribution < 1.29 is 14.3 Å². The molecule has 1 aromatic rings. The molecule has 2 rings (SSSR count). The molecule has 118 valence electrons. The predicted octanol–water partition coefficient (Wildman–Crippen LogP) is 2.75. The van der Waals surface area contributed by atoms with Crippen molar-refractivity contribution >= 4 is 23.4 Å². The van der Waals surface area contributed by atoms with Gasteiger partial charge in [0.15, 0.2) is 0 Å². The fourth-order valence-corrected chi connectivity index (χ4v) is 2.64. The van der Waals surface area contributed by atoms with Crippen LogP contribution >= 0.6 is 11.8 Å². The minimum Gasteiger partial charge on any atom is -0.489 e. The molecular formula is C16H20N2O3S. The Bertz CT molecular complexity index is 551. The lowest BCUT2D eigenvalue weighted by Crippen LogP contribution is -2.19. The van der Waals surface area contributed by atoms with E-state index in [1.54, 1.807) is 0 Å². The summed E-state index contributed by atoms with van der Waals surface area (Å²) in [5.74, 6) is 1.09. The Hall–Kier alpha value is -1.71. The fourth-order valence-electron chi connectivity index (χ4n) is 2.19. The molecule has 1 amide bonds. The Balaban J connectivity index is 1.94. The molecule has 22 heavy (non-hydrogen) atoms. The van der Waals surface area contributed by atoms with Crippen molar-refractivity contribution in [2.75, 3.05) is 30.0 Å². The van der Waals surface area contributed by atoms with Gasteiger partial charge in [0.25, 0.3) is 0 Å². The van der Waals surface area contributed by atoms with Gasteiger partial charge in [-0.15, -0.1) is 11.8 Å². The first-order valence-corrected chi connectivity index (χ1v) is 8.44. The van der Waals surface area contributed by atoms with E-state index in [2.05, 4.69) is 5.32 Å². The molecule has 0 aliphatic carbocycles. The number of anilines is 1. The van der Waals surface area contributed by atoms with Crippen LogP contribution in [0.5, 0.6) is 5.75 Å². The van der Waals surface area contributed by atoms with Crippen LogP contribution in [0.2, 0.25) is 0 Å². The standard InChI is InChI=1S/C16H20N2O3S/c1-12-4-5-14(18-16(19)11-22-8-6-17)15(9-12)21-10-13-3-2-7-20-13/h4-5,9,13H,2-3,7-8,10-11H2,1H3,(H,18,19)/t13-/m0/s1. The second-order valence-corrected chi connectivity index (χ2v) is 6.13. The number of rotatable bonds is 7. The van der Waals surface area contributed by atoms with Gasteiger partial charge in [-0.25, -0.2) is 0 Å². The highest BCUT2D eigenvalue weighted by Gasteiger charge is 2.17. The monoisotopic (exact) mass is 320 g/mol. The predicted molar refractivity (Wildman–Crippen MR) is 87.2 cm³/mol. The van der Waals surface area contributed by atoms with Crippen LogP contribution in [0.15, 0.2) is 18.2 Å². The van der Waals surface area contributed by atoms with E-state index in [1.807, 2.05) is 31.2 Å². The maximum atomic E-state index is 11.9. The molecular weight excluding hydrogens is 300 g/mol. The van der Waals surface area contributed by atoms with E-state index in [0.717, 1.165) is 25.0 Å². The third kappa shape index (κ3) is 5.24. The molecule has 0 radical (unpaired) electrons. The second-order valence-electron chi connectivity index (χ2n) is 5.14. The van der Waals surface area contributed by atoms with Crippen molar-refractivity contribution in [2.45, 2.75) is 25.9 Å². The molecule has 1 aliphatic rings. The molecule has 5 nitrogen and oxygen atoms in total. The van der Waals surface area contributed by atoms with Crippen LogP contribution in [0, 0.1) is 18.3 Å². The number of thioether (sulfide) groups is 1. The zero-order chi connectivity index (χ0) is 15.8. The normalized spacial score (nSPS) is 17.0. The average Bonchev–Trinajstić information content (AvgIpc) is 3.01. The van der Waals surface area contributed by atoms with Gasteiger partial charge in [0.1, 0.15) is 12.4 Å². The van der Waals surface area contributed by atoms with E-state index >= 15 is 0 Å². The molecule has 6 heteroatoms. The van der Waals surface area contributed by atoms with Crippen molar-refractivity contribution in [2.24, 2.45) is 0 Å². The second kappa shape index (κ2) is 8.66. The van der Waals surface area contributed by atoms with Gasteiger partial charge in [-0.3, -0.25) is 4.79 Å². The lowest BCUT2D eigenvalue weighted by molar-refractivity contribution is -0.113. The Morgan fingerprint density at radius 3 is 3.18 bits per heavy atom. The highest BCUT2D eigenvalue weighted by atomic mass is 32.2. The van der Waals surface area contributed by atoms with Gasteiger partial charge in [0.05, 0.1) is 29.4 Å². The highest BCUT2D eigenvalue weighted by Crippen LogP contribution is 2.27. The van der Waals surface area contributed by atoms with Crippen molar-refractivity contribution in [3.63, 3.8) is 0 Å². The van der Waals surface area contributed by atoms with Crippen LogP contribution in [0.25, 0.3) is 0 Å². The highest BCUT2D eigenvalue weighted by molar-refractivity contribution is 8.00. The van der Waals surface area contributed by atoms with Gasteiger partial charge in [0.2, 0.25) is 5.91 Å². The molecule has 1 atom stereocenters. The molecule has 0 spiro atoms. The van der Waals surface area contributed by atoms with Crippen molar-refractivity contribution in [3.05, 3.63) is 23.8 Å². The van der Waals surface area contributed by atoms with Crippen LogP contribution in [-0.2, 0) is 9.53 Å². The molecule has 1 heterocycles. The number of hydrogen-bond acceptors (Lipinski definition) is 5. The van der Waals surface area contributed by atoms with E-state index < -0.39 is 0 Å². The number of carbonyl (C=O) groups excluding carboxylic acids is 1. The van der Waals surface area contributed by atoms with E-state index in [0.29, 0.717) is 23.8 Å². The van der Waals surface area contributed by atoms with Crippen LogP contribution in [0.4, 0.5) is 5.69 Å². The summed E-state index contributed by atoms with van der Waals surface area (Å²) >= 11 is 1.29. The molecule has 1 aliphatic heterocycles. The quantitative estimate of drug-likeness (QED) is 0.782. The van der Waals surface area contributed by atoms with E-state index in [1.165, 1.54) is 11.8 Å². The third-order valence-corrected chi connectivity index (χ3v) is 4.06. The number of nitrogens with zero attached hydrogens (tertiary/aromatic N) is 1. The van der Waals surface area contributed by atoms with Crippen LogP contribution < -0.4 is 10.1 Å². The van der Waals surface area contributed by atoms with Crippen molar-refractivity contribution in [1.82, 2.24) is 0 Å². The van der Waals surface area contributed by atoms with E-state index in [-0.39, 0.29) is 17.8 Å². The summed E-state index contributed by atoms with van der Waals surface area (Å²) in [5, 5.41) is 11.3. The molecule has 1 saturated heterocycles. The zero-order valence-corrected chi connectivity index (χ0v) is 13.4. The van der Waals surface area contributed by atoms with Gasteiger partial charge in [-0.05, 0) is 37.5 Å². The first-order chi connectivity index (χ1) is 10.7. The summed E-state index contributed by atoms with van der Waals surface area (Å²) in [7, 11) is 0. The maximum absolute atomic E-state index is 11.9. The van der Waals surface area contributed by atoms with Gasteiger partial charge in [0, 0.05) is 6.61 Å². The molecule has 0 aromatic heterocycles. The summed E-state index contributed by atoms with van der Waals surface area (Å²) in [5.41, 5.74) is 1.73. The zero-order valence-electron chi connectivity index (χ0n) is 12.6. The molecule has 0 bridgehead atoms. The first kappa shape index (κ1) is 16.7. The van der Waals surface area contributed by atoms with Crippen LogP contribution in [0.1, 0.15) is 18.4 Å². The lowest BCUT2D eigenvalue weighted by atomic mass is 10.2. The first-order valence-electron chi connectivity index (χ1n) is 7.28. The summed E-state index contributed by atoms with van der Waals surface area (Å²) in [6, 6.07) is 7.68. The van der Waals surface area contributed by atoms with Crippen molar-refractivity contribution in [1.29, 1.82) is 5.26 Å². The molecule has 1 fully saturated rings. The minimum atomic E-state index is -0.133. The number of carbonyl (C=O) groups is 1. The molecule has 1 aromatic carbocycles. The van der Waals surface area contributed by atoms with Gasteiger partial charge in [-0.2, -0.15) is 5.26 Å². The van der Waals surface area contributed by atoms with Gasteiger partial charge in [-0.1, -0.05) is 6.07 Å². The number of amides is 1. The summed E-state index contributed by atoms with van der Waals surface area (Å²) in [6.45, 7) is 3.27. The summed E-state index contributed by atoms with van der Waals surface area (Å²) in [4.78, 5) is 11.9. The topological polar surface area (TPSA) is 71.4 Å². The van der Waals surface area contributed by atoms with E-state index in [4.69, 9.17) is 14.7 Å². The maximum Gasteiger partial charge on any atom is 0.234 e. The Labute approximate surface area is 135 Å². The molecule has 0 unspecified atom stereocenters. The smallest absolute Gasteiger partial charge is 0.234 e. The van der Waals surface area contributed by atoms with Gasteiger partial charge >= 0.3 is 0 Å². The van der Waals surface area contributed by atoms with E-state index in [9.17, 15) is 4.79 Å². The minimum absolute atomic E-state index is 0.133. The SMILES string of the molecule is Cc1ccc(NC(=O)CSCC#N)c(OC[C@@H]2CCCO2)c1. The number of ether oxygens (including phenoxy) is 2. The summed E-state index contributed by atoms with van der Waals surface area (Å²) < 4.78 is 11.4. The summed E-state index contributed by atoms with van der Waals surface area (Å²) in [6.07, 6.45) is 2.22. The van der Waals surface area contributed by atoms with Crippen LogP contribution in [-0.4, -0.2) is 36.7 Å². The number of hydrogen-bond donors (Lipinski definition) is 1. The van der Waals surface area contributed by atoms with Crippen molar-refractivity contribution in [3.8, 4) is 11.8 Å². The Kier molecular flexibility index (Phi) is 6.56. The molecule has 0 saturated carbocycles. The van der Waals surface area contributed by atoms with Gasteiger partial charge < -0.3 is 14.8 Å². The third-order valence-electron chi connectivity index (χ3n) is 3.26. The number of nitriles is 1. The Morgan fingerprint density at radius 2 is 2.45 bits per heavy atom.